The van der Waals surface area contributed by atoms with E-state index in [9.17, 15) is 9.59 Å². The number of hydrogen-bond donors (Lipinski definition) is 0. The summed E-state index contributed by atoms with van der Waals surface area (Å²) in [5.74, 6) is 0.0669. The largest absolute Gasteiger partial charge is 0.444 e. The van der Waals surface area contributed by atoms with Crippen LogP contribution in [0.2, 0.25) is 0 Å². The maximum absolute atomic E-state index is 12.1. The van der Waals surface area contributed by atoms with Gasteiger partial charge in [0.05, 0.1) is 6.04 Å². The highest BCUT2D eigenvalue weighted by molar-refractivity contribution is 5.74. The normalized spacial score (nSPS) is 20.8. The van der Waals surface area contributed by atoms with Crippen molar-refractivity contribution in [3.8, 4) is 0 Å². The van der Waals surface area contributed by atoms with Crippen LogP contribution in [0.4, 0.5) is 4.79 Å². The lowest BCUT2D eigenvalue weighted by atomic mass is 10.1. The van der Waals surface area contributed by atoms with Gasteiger partial charge in [-0.1, -0.05) is 6.92 Å². The van der Waals surface area contributed by atoms with Gasteiger partial charge in [-0.2, -0.15) is 0 Å². The summed E-state index contributed by atoms with van der Waals surface area (Å²) in [5.41, 5.74) is -0.479. The minimum absolute atomic E-state index is 0.0532. The van der Waals surface area contributed by atoms with E-state index in [1.165, 1.54) is 0 Å². The zero-order valence-electron chi connectivity index (χ0n) is 12.0. The Morgan fingerprint density at radius 2 is 1.89 bits per heavy atom. The van der Waals surface area contributed by atoms with E-state index in [0.29, 0.717) is 19.6 Å². The van der Waals surface area contributed by atoms with Crippen LogP contribution in [0, 0.1) is 0 Å². The van der Waals surface area contributed by atoms with Gasteiger partial charge in [-0.05, 0) is 27.2 Å². The molecule has 1 heterocycles. The molecule has 2 amide bonds. The number of ether oxygens (including phenoxy) is 1. The van der Waals surface area contributed by atoms with Crippen LogP contribution in [0.1, 0.15) is 41.0 Å². The predicted molar refractivity (Wildman–Crippen MR) is 69.3 cm³/mol. The average molecular weight is 256 g/mol. The minimum atomic E-state index is -0.479. The fraction of sp³-hybridized carbons (Fsp3) is 0.846. The smallest absolute Gasteiger partial charge is 0.410 e. The van der Waals surface area contributed by atoms with E-state index in [2.05, 4.69) is 0 Å². The van der Waals surface area contributed by atoms with Crippen molar-refractivity contribution < 1.29 is 14.3 Å². The SMILES string of the molecule is CC[C@@H]1CN(C(C)=O)CCN1C(=O)OC(C)(C)C. The Kier molecular flexibility index (Phi) is 4.59. The monoisotopic (exact) mass is 256 g/mol. The Morgan fingerprint density at radius 1 is 1.28 bits per heavy atom. The van der Waals surface area contributed by atoms with Crippen LogP contribution in [0.5, 0.6) is 0 Å². The predicted octanol–water partition coefficient (Wildman–Crippen LogP) is 1.86. The molecular formula is C13H24N2O3. The van der Waals surface area contributed by atoms with Crippen LogP contribution in [-0.2, 0) is 9.53 Å². The van der Waals surface area contributed by atoms with Crippen molar-refractivity contribution in [1.82, 2.24) is 9.80 Å². The Balaban J connectivity index is 2.67. The lowest BCUT2D eigenvalue weighted by Gasteiger charge is -2.41. The van der Waals surface area contributed by atoms with Gasteiger partial charge >= 0.3 is 6.09 Å². The van der Waals surface area contributed by atoms with Crippen molar-refractivity contribution >= 4 is 12.0 Å². The molecule has 1 aliphatic heterocycles. The summed E-state index contributed by atoms with van der Waals surface area (Å²) < 4.78 is 5.39. The lowest BCUT2D eigenvalue weighted by Crippen LogP contribution is -2.56. The second kappa shape index (κ2) is 5.59. The molecule has 1 atom stereocenters. The standard InChI is InChI=1S/C13H24N2O3/c1-6-11-9-14(10(2)16)7-8-15(11)12(17)18-13(3,4)5/h11H,6-9H2,1-5H3/t11-/m1/s1. The fourth-order valence-corrected chi connectivity index (χ4v) is 2.05. The number of carbonyl (C=O) groups is 2. The highest BCUT2D eigenvalue weighted by Crippen LogP contribution is 2.17. The summed E-state index contributed by atoms with van der Waals surface area (Å²) in [4.78, 5) is 26.9. The zero-order chi connectivity index (χ0) is 13.9. The molecule has 0 aromatic carbocycles. The Bertz CT molecular complexity index is 323. The van der Waals surface area contributed by atoms with Crippen LogP contribution in [-0.4, -0.2) is 53.1 Å². The quantitative estimate of drug-likeness (QED) is 0.719. The van der Waals surface area contributed by atoms with Crippen LogP contribution < -0.4 is 0 Å². The van der Waals surface area contributed by atoms with Gasteiger partial charge in [0, 0.05) is 26.6 Å². The first-order valence-corrected chi connectivity index (χ1v) is 6.49. The third-order valence-electron chi connectivity index (χ3n) is 3.03. The first-order chi connectivity index (χ1) is 8.24. The van der Waals surface area contributed by atoms with Gasteiger partial charge in [0.1, 0.15) is 5.60 Å². The maximum Gasteiger partial charge on any atom is 0.410 e. The number of carbonyl (C=O) groups excluding carboxylic acids is 2. The molecular weight excluding hydrogens is 232 g/mol. The van der Waals surface area contributed by atoms with Gasteiger partial charge in [-0.3, -0.25) is 4.79 Å². The third kappa shape index (κ3) is 3.89. The molecule has 0 N–H and O–H groups in total. The molecule has 1 fully saturated rings. The van der Waals surface area contributed by atoms with Crippen LogP contribution >= 0.6 is 0 Å². The molecule has 0 aromatic heterocycles. The van der Waals surface area contributed by atoms with Gasteiger partial charge in [-0.25, -0.2) is 4.79 Å². The second-order valence-electron chi connectivity index (χ2n) is 5.70. The molecule has 5 nitrogen and oxygen atoms in total. The van der Waals surface area contributed by atoms with Gasteiger partial charge in [-0.15, -0.1) is 0 Å². The number of rotatable bonds is 1. The molecule has 1 aliphatic rings. The van der Waals surface area contributed by atoms with E-state index in [1.807, 2.05) is 27.7 Å². The molecule has 104 valence electrons. The fourth-order valence-electron chi connectivity index (χ4n) is 2.05. The van der Waals surface area contributed by atoms with E-state index < -0.39 is 5.60 Å². The molecule has 18 heavy (non-hydrogen) atoms. The molecule has 0 unspecified atom stereocenters. The molecule has 1 saturated heterocycles. The molecule has 0 aliphatic carbocycles. The maximum atomic E-state index is 12.1. The molecule has 0 saturated carbocycles. The van der Waals surface area contributed by atoms with Crippen LogP contribution in [0.25, 0.3) is 0 Å². The summed E-state index contributed by atoms with van der Waals surface area (Å²) >= 11 is 0. The first kappa shape index (κ1) is 14.8. The summed E-state index contributed by atoms with van der Waals surface area (Å²) in [7, 11) is 0. The molecule has 0 spiro atoms. The molecule has 0 aromatic rings. The highest BCUT2D eigenvalue weighted by atomic mass is 16.6. The van der Waals surface area contributed by atoms with Crippen molar-refractivity contribution in [2.75, 3.05) is 19.6 Å². The number of amides is 2. The van der Waals surface area contributed by atoms with E-state index >= 15 is 0 Å². The Morgan fingerprint density at radius 3 is 2.33 bits per heavy atom. The zero-order valence-corrected chi connectivity index (χ0v) is 12.0. The summed E-state index contributed by atoms with van der Waals surface area (Å²) in [5, 5.41) is 0. The van der Waals surface area contributed by atoms with Crippen molar-refractivity contribution in [1.29, 1.82) is 0 Å². The number of hydrogen-bond acceptors (Lipinski definition) is 3. The van der Waals surface area contributed by atoms with Crippen LogP contribution in [0.3, 0.4) is 0 Å². The van der Waals surface area contributed by atoms with E-state index in [1.54, 1.807) is 16.7 Å². The van der Waals surface area contributed by atoms with E-state index in [0.717, 1.165) is 6.42 Å². The molecule has 1 rings (SSSR count). The van der Waals surface area contributed by atoms with Crippen LogP contribution in [0.15, 0.2) is 0 Å². The Labute approximate surface area is 109 Å². The molecule has 0 radical (unpaired) electrons. The summed E-state index contributed by atoms with van der Waals surface area (Å²) in [6, 6.07) is 0.0532. The second-order valence-corrected chi connectivity index (χ2v) is 5.70. The summed E-state index contributed by atoms with van der Waals surface area (Å²) in [6.07, 6.45) is 0.542. The van der Waals surface area contributed by atoms with Gasteiger partial charge < -0.3 is 14.5 Å². The highest BCUT2D eigenvalue weighted by Gasteiger charge is 2.32. The van der Waals surface area contributed by atoms with E-state index in [-0.39, 0.29) is 18.0 Å². The molecule has 5 heteroatoms. The van der Waals surface area contributed by atoms with Crippen molar-refractivity contribution in [2.24, 2.45) is 0 Å². The lowest BCUT2D eigenvalue weighted by molar-refractivity contribution is -0.131. The number of nitrogens with zero attached hydrogens (tertiary/aromatic N) is 2. The minimum Gasteiger partial charge on any atom is -0.444 e. The van der Waals surface area contributed by atoms with Crippen molar-refractivity contribution in [3.05, 3.63) is 0 Å². The average Bonchev–Trinajstić information content (AvgIpc) is 2.25. The van der Waals surface area contributed by atoms with Gasteiger partial charge in [0.25, 0.3) is 0 Å². The topological polar surface area (TPSA) is 49.9 Å². The third-order valence-corrected chi connectivity index (χ3v) is 3.03. The van der Waals surface area contributed by atoms with Crippen molar-refractivity contribution in [2.45, 2.75) is 52.7 Å². The van der Waals surface area contributed by atoms with Crippen molar-refractivity contribution in [3.63, 3.8) is 0 Å². The first-order valence-electron chi connectivity index (χ1n) is 6.49. The molecule has 0 bridgehead atoms. The number of piperazine rings is 1. The van der Waals surface area contributed by atoms with Gasteiger partial charge in [0.2, 0.25) is 5.91 Å². The van der Waals surface area contributed by atoms with E-state index in [4.69, 9.17) is 4.74 Å². The Hall–Kier alpha value is -1.26. The van der Waals surface area contributed by atoms with Gasteiger partial charge in [0.15, 0.2) is 0 Å². The summed E-state index contributed by atoms with van der Waals surface area (Å²) in [6.45, 7) is 10.9.